The van der Waals surface area contributed by atoms with Gasteiger partial charge in [-0.25, -0.2) is 0 Å². The molecule has 0 spiro atoms. The molecule has 1 heterocycles. The molecule has 0 amide bonds. The predicted octanol–water partition coefficient (Wildman–Crippen LogP) is 2.75. The maximum absolute atomic E-state index is 9.75. The van der Waals surface area contributed by atoms with Gasteiger partial charge in [0.25, 0.3) is 0 Å². The first-order chi connectivity index (χ1) is 6.33. The third-order valence-corrected chi connectivity index (χ3v) is 1.45. The summed E-state index contributed by atoms with van der Waals surface area (Å²) in [5.74, 6) is 0. The summed E-state index contributed by atoms with van der Waals surface area (Å²) in [5.41, 5.74) is 0. The number of halogens is 4. The molecule has 1 aliphatic heterocycles. The Morgan fingerprint density at radius 2 is 1.67 bits per heavy atom. The van der Waals surface area contributed by atoms with Crippen LogP contribution in [0.15, 0.2) is 12.4 Å². The van der Waals surface area contributed by atoms with Crippen molar-refractivity contribution >= 4 is 7.25 Å². The first-order valence-electron chi connectivity index (χ1n) is 4.33. The number of rotatable bonds is 2. The van der Waals surface area contributed by atoms with Gasteiger partial charge in [-0.1, -0.05) is 6.92 Å². The molecule has 8 heteroatoms. The van der Waals surface area contributed by atoms with Gasteiger partial charge in [0.1, 0.15) is 0 Å². The second-order valence-electron chi connectivity index (χ2n) is 3.00. The molecule has 92 valence electrons. The molecule has 0 atom stereocenters. The third-order valence-electron chi connectivity index (χ3n) is 1.45. The van der Waals surface area contributed by atoms with E-state index >= 15 is 0 Å². The van der Waals surface area contributed by atoms with Crippen LogP contribution in [0.4, 0.5) is 17.3 Å². The number of hydrogen-bond donors (Lipinski definition) is 1. The molecule has 0 unspecified atom stereocenters. The van der Waals surface area contributed by atoms with E-state index in [1.54, 1.807) is 0 Å². The van der Waals surface area contributed by atoms with Crippen LogP contribution in [0.3, 0.4) is 0 Å². The molecule has 0 radical (unpaired) electrons. The van der Waals surface area contributed by atoms with Gasteiger partial charge >= 0.3 is 7.25 Å². The zero-order valence-electron chi connectivity index (χ0n) is 9.26. The van der Waals surface area contributed by atoms with Gasteiger partial charge in [-0.3, -0.25) is 0 Å². The number of nitrogens with zero attached hydrogens (tertiary/aromatic N) is 2. The summed E-state index contributed by atoms with van der Waals surface area (Å²) in [5, 5.41) is 0. The smallest absolute Gasteiger partial charge is 0.418 e. The van der Waals surface area contributed by atoms with Gasteiger partial charge in [-0.05, 0) is 6.42 Å². The lowest BCUT2D eigenvalue weighted by atomic mass is 10.3. The zero-order chi connectivity index (χ0) is 11.2. The Labute approximate surface area is 87.4 Å². The molecule has 0 aliphatic carbocycles. The fraction of sp³-hybridized carbons (Fsp3) is 0.714. The molecular formula is C7H18BF4N3. The summed E-state index contributed by atoms with van der Waals surface area (Å²) in [6, 6.07) is 0. The highest BCUT2D eigenvalue weighted by molar-refractivity contribution is 6.50. The van der Waals surface area contributed by atoms with Gasteiger partial charge in [-0.15, -0.1) is 0 Å². The van der Waals surface area contributed by atoms with E-state index in [1.165, 1.54) is 13.0 Å². The highest BCUT2D eigenvalue weighted by Gasteiger charge is 2.20. The minimum atomic E-state index is -6.00. The SMILES string of the molecule is CCCN1C=CN(C)C1.F[B-](F)(F)F.[NH4+]. The molecular weight excluding hydrogens is 213 g/mol. The average molecular weight is 231 g/mol. The molecule has 0 bridgehead atoms. The Morgan fingerprint density at radius 1 is 1.20 bits per heavy atom. The molecule has 0 saturated carbocycles. The van der Waals surface area contributed by atoms with Crippen LogP contribution in [0.5, 0.6) is 0 Å². The van der Waals surface area contributed by atoms with Crippen LogP contribution in [0.1, 0.15) is 13.3 Å². The van der Waals surface area contributed by atoms with E-state index in [-0.39, 0.29) is 6.15 Å². The van der Waals surface area contributed by atoms with E-state index in [4.69, 9.17) is 0 Å². The van der Waals surface area contributed by atoms with E-state index in [2.05, 4.69) is 36.2 Å². The van der Waals surface area contributed by atoms with Crippen molar-refractivity contribution in [3.8, 4) is 0 Å². The largest absolute Gasteiger partial charge is 0.673 e. The second-order valence-corrected chi connectivity index (χ2v) is 3.00. The highest BCUT2D eigenvalue weighted by Crippen LogP contribution is 2.06. The normalized spacial score (nSPS) is 14.5. The molecule has 0 aromatic rings. The van der Waals surface area contributed by atoms with Crippen LogP contribution >= 0.6 is 0 Å². The summed E-state index contributed by atoms with van der Waals surface area (Å²) in [6.07, 6.45) is 5.48. The van der Waals surface area contributed by atoms with Crippen molar-refractivity contribution in [3.63, 3.8) is 0 Å². The lowest BCUT2D eigenvalue weighted by Crippen LogP contribution is -2.22. The highest BCUT2D eigenvalue weighted by atomic mass is 19.5. The first-order valence-corrected chi connectivity index (χ1v) is 4.33. The van der Waals surface area contributed by atoms with Crippen LogP contribution in [0, 0.1) is 0 Å². The van der Waals surface area contributed by atoms with Crippen LogP contribution in [0.2, 0.25) is 0 Å². The lowest BCUT2D eigenvalue weighted by Gasteiger charge is -2.16. The number of hydrogen-bond acceptors (Lipinski definition) is 2. The molecule has 1 aliphatic rings. The Morgan fingerprint density at radius 3 is 1.93 bits per heavy atom. The topological polar surface area (TPSA) is 43.0 Å². The van der Waals surface area contributed by atoms with Gasteiger partial charge in [0.05, 0.1) is 6.67 Å². The standard InChI is InChI=1S/C7H14N2.BF4.H3N/c1-3-4-9-6-5-8(2)7-9;2-1(3,4)5;/h5-6H,3-4,7H2,1-2H3;;1H3/q;-1;/p+1. The molecule has 0 aromatic carbocycles. The van der Waals surface area contributed by atoms with E-state index in [0.717, 1.165) is 6.67 Å². The van der Waals surface area contributed by atoms with Crippen LogP contribution in [0.25, 0.3) is 0 Å². The van der Waals surface area contributed by atoms with Crippen molar-refractivity contribution in [2.45, 2.75) is 13.3 Å². The molecule has 15 heavy (non-hydrogen) atoms. The second kappa shape index (κ2) is 7.39. The molecule has 4 N–H and O–H groups in total. The quantitative estimate of drug-likeness (QED) is 0.586. The zero-order valence-corrected chi connectivity index (χ0v) is 9.26. The van der Waals surface area contributed by atoms with Crippen molar-refractivity contribution in [2.75, 3.05) is 20.3 Å². The van der Waals surface area contributed by atoms with Gasteiger partial charge in [0.15, 0.2) is 0 Å². The van der Waals surface area contributed by atoms with Crippen molar-refractivity contribution in [1.29, 1.82) is 0 Å². The van der Waals surface area contributed by atoms with Crippen molar-refractivity contribution in [2.24, 2.45) is 0 Å². The van der Waals surface area contributed by atoms with Gasteiger partial charge in [0.2, 0.25) is 0 Å². The van der Waals surface area contributed by atoms with Crippen LogP contribution < -0.4 is 6.15 Å². The Bertz CT molecular complexity index is 180. The van der Waals surface area contributed by atoms with Gasteiger partial charge < -0.3 is 33.2 Å². The maximum atomic E-state index is 9.75. The van der Waals surface area contributed by atoms with Crippen LogP contribution in [-0.2, 0) is 0 Å². The third kappa shape index (κ3) is 13.1. The Kier molecular flexibility index (Phi) is 8.13. The van der Waals surface area contributed by atoms with E-state index in [9.17, 15) is 17.3 Å². The minimum Gasteiger partial charge on any atom is -0.418 e. The first kappa shape index (κ1) is 16.5. The Balaban J connectivity index is 0. The molecule has 3 nitrogen and oxygen atoms in total. The maximum Gasteiger partial charge on any atom is 0.673 e. The predicted molar refractivity (Wildman–Crippen MR) is 54.9 cm³/mol. The minimum absolute atomic E-state index is 0. The summed E-state index contributed by atoms with van der Waals surface area (Å²) in [4.78, 5) is 4.48. The summed E-state index contributed by atoms with van der Waals surface area (Å²) >= 11 is 0. The monoisotopic (exact) mass is 231 g/mol. The molecule has 1 rings (SSSR count). The van der Waals surface area contributed by atoms with Crippen molar-refractivity contribution in [3.05, 3.63) is 12.4 Å². The average Bonchev–Trinajstić information content (AvgIpc) is 2.32. The molecule has 0 aromatic heterocycles. The van der Waals surface area contributed by atoms with E-state index in [1.807, 2.05) is 0 Å². The molecule has 0 saturated heterocycles. The fourth-order valence-corrected chi connectivity index (χ4v) is 1.02. The van der Waals surface area contributed by atoms with E-state index in [0.29, 0.717) is 0 Å². The van der Waals surface area contributed by atoms with Gasteiger partial charge in [0, 0.05) is 26.0 Å². The summed E-state index contributed by atoms with van der Waals surface area (Å²) < 4.78 is 39.0. The van der Waals surface area contributed by atoms with Crippen molar-refractivity contribution < 1.29 is 17.3 Å². The molecule has 0 fully saturated rings. The van der Waals surface area contributed by atoms with E-state index < -0.39 is 7.25 Å². The summed E-state index contributed by atoms with van der Waals surface area (Å²) in [7, 11) is -3.91. The Hall–Kier alpha value is -0.915. The van der Waals surface area contributed by atoms with Gasteiger partial charge in [-0.2, -0.15) is 0 Å². The number of quaternary nitrogens is 1. The van der Waals surface area contributed by atoms with Crippen LogP contribution in [-0.4, -0.2) is 37.3 Å². The lowest BCUT2D eigenvalue weighted by molar-refractivity contribution is 0.297. The fourth-order valence-electron chi connectivity index (χ4n) is 1.02. The summed E-state index contributed by atoms with van der Waals surface area (Å²) in [6.45, 7) is 4.45. The van der Waals surface area contributed by atoms with Crippen molar-refractivity contribution in [1.82, 2.24) is 16.0 Å².